The summed E-state index contributed by atoms with van der Waals surface area (Å²) in [5, 5.41) is 2.56. The van der Waals surface area contributed by atoms with Crippen LogP contribution >= 0.6 is 0 Å². The molecule has 3 rings (SSSR count). The van der Waals surface area contributed by atoms with Crippen LogP contribution in [0.2, 0.25) is 5.04 Å². The van der Waals surface area contributed by atoms with Crippen LogP contribution in [0, 0.1) is 11.7 Å². The zero-order valence-electron chi connectivity index (χ0n) is 16.9. The molecule has 28 heavy (non-hydrogen) atoms. The Hall–Kier alpha value is -2.96. The fourth-order valence-electron chi connectivity index (χ4n) is 3.55. The Morgan fingerprint density at radius 3 is 1.57 bits per heavy atom. The predicted octanol–water partition coefficient (Wildman–Crippen LogP) is 4.64. The third-order valence-electron chi connectivity index (χ3n) is 5.01. The number of hydrogen-bond donors (Lipinski definition) is 0. The van der Waals surface area contributed by atoms with Crippen LogP contribution in [0.1, 0.15) is 20.8 Å². The van der Waals surface area contributed by atoms with Crippen LogP contribution in [-0.4, -0.2) is 15.2 Å². The van der Waals surface area contributed by atoms with E-state index in [-0.39, 0.29) is 5.04 Å². The highest BCUT2D eigenvalue weighted by molar-refractivity contribution is 7.10. The van der Waals surface area contributed by atoms with Crippen molar-refractivity contribution in [2.75, 3.05) is 7.11 Å². The van der Waals surface area contributed by atoms with E-state index < -0.39 is 8.07 Å². The van der Waals surface area contributed by atoms with E-state index in [1.54, 1.807) is 7.11 Å². The second kappa shape index (κ2) is 8.37. The van der Waals surface area contributed by atoms with E-state index in [1.165, 1.54) is 10.4 Å². The van der Waals surface area contributed by atoms with Gasteiger partial charge < -0.3 is 9.47 Å². The Morgan fingerprint density at radius 2 is 1.14 bits per heavy atom. The van der Waals surface area contributed by atoms with Gasteiger partial charge in [0.05, 0.1) is 7.11 Å². The van der Waals surface area contributed by atoms with E-state index >= 15 is 0 Å². The highest BCUT2D eigenvalue weighted by Crippen LogP contribution is 2.35. The number of methoxy groups -OCH3 is 1. The van der Waals surface area contributed by atoms with E-state index in [4.69, 9.17) is 9.47 Å². The molecule has 0 aliphatic carbocycles. The fraction of sp³-hybridized carbons (Fsp3) is 0.200. The van der Waals surface area contributed by atoms with E-state index in [9.17, 15) is 0 Å². The van der Waals surface area contributed by atoms with Crippen LogP contribution in [-0.2, 0) is 0 Å². The van der Waals surface area contributed by atoms with Gasteiger partial charge in [0.25, 0.3) is 0 Å². The minimum atomic E-state index is -2.43. The van der Waals surface area contributed by atoms with Crippen molar-refractivity contribution in [3.63, 3.8) is 0 Å². The molecule has 3 heteroatoms. The molecule has 0 aromatic heterocycles. The monoisotopic (exact) mass is 386 g/mol. The molecule has 0 saturated carbocycles. The molecule has 0 N–H and O–H groups in total. The lowest BCUT2D eigenvalue weighted by Crippen LogP contribution is -2.63. The minimum Gasteiger partial charge on any atom is -0.497 e. The molecule has 142 valence electrons. The van der Waals surface area contributed by atoms with Crippen LogP contribution in [0.15, 0.2) is 84.9 Å². The molecule has 0 unspecified atom stereocenters. The maximum Gasteiger partial charge on any atom is 0.208 e. The van der Waals surface area contributed by atoms with Crippen molar-refractivity contribution in [3.8, 4) is 23.1 Å². The highest BCUT2D eigenvalue weighted by atomic mass is 28.3. The molecular formula is C25H26O2Si. The molecule has 0 fully saturated rings. The van der Waals surface area contributed by atoms with Gasteiger partial charge in [0.1, 0.15) is 17.6 Å². The van der Waals surface area contributed by atoms with E-state index in [1.807, 2.05) is 24.3 Å². The van der Waals surface area contributed by atoms with Crippen molar-refractivity contribution >= 4 is 18.4 Å². The average molecular weight is 387 g/mol. The Bertz CT molecular complexity index is 907. The second-order valence-electron chi connectivity index (χ2n) is 7.74. The van der Waals surface area contributed by atoms with Gasteiger partial charge >= 0.3 is 0 Å². The van der Waals surface area contributed by atoms with Gasteiger partial charge in [-0.1, -0.05) is 87.0 Å². The molecular weight excluding hydrogens is 360 g/mol. The Morgan fingerprint density at radius 1 is 0.679 bits per heavy atom. The number of rotatable bonds is 4. The molecule has 0 heterocycles. The van der Waals surface area contributed by atoms with Gasteiger partial charge in [-0.3, -0.25) is 0 Å². The second-order valence-corrected chi connectivity index (χ2v) is 12.1. The summed E-state index contributed by atoms with van der Waals surface area (Å²) in [6.45, 7) is 6.84. The lowest BCUT2D eigenvalue weighted by atomic mass is 10.2. The fourth-order valence-corrected chi connectivity index (χ4v) is 7.86. The van der Waals surface area contributed by atoms with Crippen molar-refractivity contribution in [1.82, 2.24) is 0 Å². The van der Waals surface area contributed by atoms with Gasteiger partial charge in [0, 0.05) is 0 Å². The number of benzene rings is 3. The summed E-state index contributed by atoms with van der Waals surface area (Å²) in [4.78, 5) is 0. The summed E-state index contributed by atoms with van der Waals surface area (Å²) in [7, 11) is -0.780. The maximum absolute atomic E-state index is 5.82. The zero-order chi connectivity index (χ0) is 20.0. The first kappa shape index (κ1) is 19.8. The topological polar surface area (TPSA) is 18.5 Å². The summed E-state index contributed by atoms with van der Waals surface area (Å²) in [6, 6.07) is 28.8. The summed E-state index contributed by atoms with van der Waals surface area (Å²) >= 11 is 0. The molecule has 0 atom stereocenters. The first-order valence-electron chi connectivity index (χ1n) is 9.41. The third kappa shape index (κ3) is 3.98. The molecule has 2 nitrogen and oxygen atoms in total. The van der Waals surface area contributed by atoms with Gasteiger partial charge in [-0.25, -0.2) is 0 Å². The van der Waals surface area contributed by atoms with Crippen molar-refractivity contribution in [2.45, 2.75) is 25.8 Å². The predicted molar refractivity (Wildman–Crippen MR) is 119 cm³/mol. The molecule has 0 spiro atoms. The van der Waals surface area contributed by atoms with Crippen molar-refractivity contribution in [1.29, 1.82) is 0 Å². The van der Waals surface area contributed by atoms with Gasteiger partial charge in [0.2, 0.25) is 8.07 Å². The molecule has 0 aliphatic rings. The van der Waals surface area contributed by atoms with Crippen molar-refractivity contribution in [2.24, 2.45) is 0 Å². The quantitative estimate of drug-likeness (QED) is 0.480. The van der Waals surface area contributed by atoms with E-state index in [2.05, 4.69) is 93.1 Å². The van der Waals surface area contributed by atoms with Crippen LogP contribution in [0.25, 0.3) is 0 Å². The van der Waals surface area contributed by atoms with Crippen LogP contribution in [0.5, 0.6) is 11.5 Å². The van der Waals surface area contributed by atoms with Crippen molar-refractivity contribution in [3.05, 3.63) is 84.9 Å². The average Bonchev–Trinajstić information content (AvgIpc) is 2.72. The third-order valence-corrected chi connectivity index (χ3v) is 10.1. The first-order chi connectivity index (χ1) is 13.5. The summed E-state index contributed by atoms with van der Waals surface area (Å²) < 4.78 is 11.0. The molecule has 0 saturated heterocycles. The maximum atomic E-state index is 5.82. The van der Waals surface area contributed by atoms with Crippen LogP contribution < -0.4 is 19.8 Å². The first-order valence-corrected chi connectivity index (χ1v) is 11.4. The lowest BCUT2D eigenvalue weighted by Gasteiger charge is -2.39. The summed E-state index contributed by atoms with van der Waals surface area (Å²) in [6.07, 6.45) is 3.05. The largest absolute Gasteiger partial charge is 0.497 e. The molecule has 0 bridgehead atoms. The normalized spacial score (nSPS) is 11.3. The Labute approximate surface area is 169 Å². The Kier molecular flexibility index (Phi) is 5.92. The van der Waals surface area contributed by atoms with Crippen LogP contribution in [0.4, 0.5) is 0 Å². The molecule has 3 aromatic rings. The number of hydrogen-bond acceptors (Lipinski definition) is 2. The SMILES string of the molecule is COc1ccc(OC#C[Si](c2ccccc2)(c2ccccc2)C(C)(C)C)cc1. The molecule has 0 amide bonds. The summed E-state index contributed by atoms with van der Waals surface area (Å²) in [5.74, 6) is 1.51. The van der Waals surface area contributed by atoms with Gasteiger partial charge in [-0.15, -0.1) is 0 Å². The Balaban J connectivity index is 2.09. The highest BCUT2D eigenvalue weighted by Gasteiger charge is 2.47. The minimum absolute atomic E-state index is 0.0219. The molecule has 0 radical (unpaired) electrons. The molecule has 0 aliphatic heterocycles. The van der Waals surface area contributed by atoms with Gasteiger partial charge in [-0.2, -0.15) is 0 Å². The van der Waals surface area contributed by atoms with Crippen molar-refractivity contribution < 1.29 is 9.47 Å². The van der Waals surface area contributed by atoms with Gasteiger partial charge in [-0.05, 0) is 39.7 Å². The lowest BCUT2D eigenvalue weighted by molar-refractivity contribution is 0.413. The molecule has 3 aromatic carbocycles. The summed E-state index contributed by atoms with van der Waals surface area (Å²) in [5.41, 5.74) is 3.62. The van der Waals surface area contributed by atoms with Crippen LogP contribution in [0.3, 0.4) is 0 Å². The van der Waals surface area contributed by atoms with E-state index in [0.717, 1.165) is 5.75 Å². The smallest absolute Gasteiger partial charge is 0.208 e. The zero-order valence-corrected chi connectivity index (χ0v) is 17.9. The van der Waals surface area contributed by atoms with Gasteiger partial charge in [0.15, 0.2) is 0 Å². The standard InChI is InChI=1S/C25H26O2Si/c1-25(2,3)28(23-11-7-5-8-12-23,24-13-9-6-10-14-24)20-19-27-22-17-15-21(26-4)16-18-22/h5-18H,1-4H3. The number of ether oxygens (including phenoxy) is 2. The van der Waals surface area contributed by atoms with E-state index in [0.29, 0.717) is 5.75 Å².